The maximum absolute atomic E-state index is 5.89. The molecule has 0 radical (unpaired) electrons. The van der Waals surface area contributed by atoms with Gasteiger partial charge in [-0.05, 0) is 69.7 Å². The van der Waals surface area contributed by atoms with Gasteiger partial charge in [0.2, 0.25) is 0 Å². The van der Waals surface area contributed by atoms with E-state index in [1.165, 1.54) is 16.8 Å². The van der Waals surface area contributed by atoms with Crippen LogP contribution in [0.15, 0.2) is 29.8 Å². The Morgan fingerprint density at radius 2 is 2.28 bits per heavy atom. The second-order valence-corrected chi connectivity index (χ2v) is 6.53. The van der Waals surface area contributed by atoms with Crippen molar-refractivity contribution in [2.45, 2.75) is 52.9 Å². The van der Waals surface area contributed by atoms with Crippen LogP contribution in [0, 0.1) is 12.0 Å². The fourth-order valence-electron chi connectivity index (χ4n) is 3.29. The van der Waals surface area contributed by atoms with E-state index in [0.717, 1.165) is 44.7 Å². The summed E-state index contributed by atoms with van der Waals surface area (Å²) in [6, 6.07) is 6.65. The van der Waals surface area contributed by atoms with E-state index < -0.39 is 0 Å². The van der Waals surface area contributed by atoms with E-state index in [4.69, 9.17) is 9.47 Å². The van der Waals surface area contributed by atoms with Crippen LogP contribution in [-0.2, 0) is 4.74 Å². The second-order valence-electron chi connectivity index (χ2n) is 6.53. The number of fused-ring (bicyclic) bond motifs is 1. The van der Waals surface area contributed by atoms with E-state index in [1.807, 2.05) is 0 Å². The summed E-state index contributed by atoms with van der Waals surface area (Å²) in [6.07, 6.45) is 8.06. The normalized spacial score (nSPS) is 16.3. The Balaban J connectivity index is 2.10. The third-order valence-corrected chi connectivity index (χ3v) is 4.81. The highest BCUT2D eigenvalue weighted by Crippen LogP contribution is 2.39. The lowest BCUT2D eigenvalue weighted by atomic mass is 9.87. The third kappa shape index (κ3) is 5.46. The number of nitrogens with zero attached hydrogens (tertiary/aromatic N) is 1. The molecule has 0 amide bonds. The molecule has 136 valence electrons. The van der Waals surface area contributed by atoms with Gasteiger partial charge in [-0.2, -0.15) is 0 Å². The van der Waals surface area contributed by atoms with Gasteiger partial charge in [0, 0.05) is 25.7 Å². The smallest absolute Gasteiger partial charge is 0.122 e. The molecule has 0 aromatic heterocycles. The molecule has 0 saturated heterocycles. The van der Waals surface area contributed by atoms with Gasteiger partial charge < -0.3 is 14.4 Å². The molecule has 1 aromatic carbocycles. The Kier molecular flexibility index (Phi) is 7.73. The van der Waals surface area contributed by atoms with E-state index >= 15 is 0 Å². The van der Waals surface area contributed by atoms with Gasteiger partial charge in [0.15, 0.2) is 0 Å². The zero-order chi connectivity index (χ0) is 18.1. The number of hydrogen-bond acceptors (Lipinski definition) is 3. The average molecular weight is 341 g/mol. The Morgan fingerprint density at radius 3 is 3.00 bits per heavy atom. The average Bonchev–Trinajstić information content (AvgIpc) is 2.64. The largest absolute Gasteiger partial charge is 0.493 e. The molecule has 25 heavy (non-hydrogen) atoms. The quantitative estimate of drug-likeness (QED) is 0.372. The molecule has 1 aliphatic rings. The minimum absolute atomic E-state index is 0.557. The van der Waals surface area contributed by atoms with Crippen LogP contribution >= 0.6 is 0 Å². The summed E-state index contributed by atoms with van der Waals surface area (Å²) in [4.78, 5) is 2.40. The van der Waals surface area contributed by atoms with Crippen molar-refractivity contribution in [1.29, 1.82) is 0 Å². The monoisotopic (exact) mass is 341 g/mol. The minimum atomic E-state index is 0.557. The highest BCUT2D eigenvalue weighted by Gasteiger charge is 2.22. The van der Waals surface area contributed by atoms with Gasteiger partial charge in [-0.1, -0.05) is 17.6 Å². The molecule has 0 bridgehead atoms. The van der Waals surface area contributed by atoms with Crippen molar-refractivity contribution in [3.63, 3.8) is 0 Å². The van der Waals surface area contributed by atoms with Gasteiger partial charge in [0.1, 0.15) is 18.5 Å². The van der Waals surface area contributed by atoms with Crippen LogP contribution in [0.4, 0.5) is 5.69 Å². The van der Waals surface area contributed by atoms with E-state index in [9.17, 15) is 0 Å². The molecule has 0 N–H and O–H groups in total. The maximum Gasteiger partial charge on any atom is 0.122 e. The lowest BCUT2D eigenvalue weighted by Crippen LogP contribution is -2.25. The molecule has 2 rings (SSSR count). The van der Waals surface area contributed by atoms with Gasteiger partial charge in [-0.3, -0.25) is 0 Å². The van der Waals surface area contributed by atoms with E-state index in [-0.39, 0.29) is 0 Å². The summed E-state index contributed by atoms with van der Waals surface area (Å²) in [5, 5.41) is 0. The zero-order valence-corrected chi connectivity index (χ0v) is 16.1. The lowest BCUT2D eigenvalue weighted by Gasteiger charge is -2.29. The molecule has 3 nitrogen and oxygen atoms in total. The maximum atomic E-state index is 5.89. The van der Waals surface area contributed by atoms with Crippen LogP contribution in [-0.4, -0.2) is 26.3 Å². The molecular weight excluding hydrogens is 310 g/mol. The summed E-state index contributed by atoms with van der Waals surface area (Å²) < 4.78 is 11.2. The van der Waals surface area contributed by atoms with Gasteiger partial charge in [-0.25, -0.2) is 0 Å². The van der Waals surface area contributed by atoms with Crippen LogP contribution in [0.3, 0.4) is 0 Å². The SMILES string of the molecule is CC#COCCCN(CC)c1ccc2c(c1)C(C/C(C)=C/C)CCO2. The Hall–Kier alpha value is -2.08. The Morgan fingerprint density at radius 1 is 1.44 bits per heavy atom. The van der Waals surface area contributed by atoms with Crippen molar-refractivity contribution in [3.8, 4) is 17.8 Å². The molecule has 1 aromatic rings. The Bertz CT molecular complexity index is 639. The molecule has 1 aliphatic heterocycles. The number of rotatable bonds is 8. The summed E-state index contributed by atoms with van der Waals surface area (Å²) in [7, 11) is 0. The van der Waals surface area contributed by atoms with Crippen LogP contribution in [0.2, 0.25) is 0 Å². The topological polar surface area (TPSA) is 21.7 Å². The molecule has 3 heteroatoms. The van der Waals surface area contributed by atoms with Gasteiger partial charge in [0.05, 0.1) is 6.61 Å². The van der Waals surface area contributed by atoms with Crippen molar-refractivity contribution in [1.82, 2.24) is 0 Å². The van der Waals surface area contributed by atoms with Crippen LogP contribution in [0.1, 0.15) is 58.4 Å². The molecule has 1 unspecified atom stereocenters. The molecule has 0 fully saturated rings. The first kappa shape index (κ1) is 19.2. The van der Waals surface area contributed by atoms with Gasteiger partial charge in [0.25, 0.3) is 0 Å². The standard InChI is InChI=1S/C22H31NO2/c1-5-13-24-14-8-12-23(7-3)20-9-10-22-21(17-20)19(11-15-25-22)16-18(4)6-2/h6,9-10,17,19H,7-8,11-12,14-16H2,1-4H3/b18-6+. The zero-order valence-electron chi connectivity index (χ0n) is 16.1. The molecule has 0 aliphatic carbocycles. The predicted octanol–water partition coefficient (Wildman–Crippen LogP) is 5.12. The van der Waals surface area contributed by atoms with Crippen LogP contribution in [0.25, 0.3) is 0 Å². The predicted molar refractivity (Wildman–Crippen MR) is 105 cm³/mol. The number of ether oxygens (including phenoxy) is 2. The number of hydrogen-bond donors (Lipinski definition) is 0. The first-order chi connectivity index (χ1) is 12.2. The fourth-order valence-corrected chi connectivity index (χ4v) is 3.29. The van der Waals surface area contributed by atoms with Crippen molar-refractivity contribution < 1.29 is 9.47 Å². The van der Waals surface area contributed by atoms with Crippen molar-refractivity contribution in [3.05, 3.63) is 35.4 Å². The molecule has 1 atom stereocenters. The molecule has 0 spiro atoms. The minimum Gasteiger partial charge on any atom is -0.493 e. The lowest BCUT2D eigenvalue weighted by molar-refractivity contribution is 0.266. The highest BCUT2D eigenvalue weighted by atomic mass is 16.5. The Labute approximate surface area is 153 Å². The summed E-state index contributed by atoms with van der Waals surface area (Å²) in [5.74, 6) is 4.37. The van der Waals surface area contributed by atoms with E-state index in [0.29, 0.717) is 12.5 Å². The number of allylic oxidation sites excluding steroid dienone is 2. The number of benzene rings is 1. The second kappa shape index (κ2) is 10.0. The molecule has 0 saturated carbocycles. The first-order valence-electron chi connectivity index (χ1n) is 9.36. The van der Waals surface area contributed by atoms with Gasteiger partial charge in [-0.15, -0.1) is 0 Å². The van der Waals surface area contributed by atoms with Gasteiger partial charge >= 0.3 is 0 Å². The fraction of sp³-hybridized carbons (Fsp3) is 0.545. The van der Waals surface area contributed by atoms with E-state index in [1.54, 1.807) is 6.92 Å². The number of anilines is 1. The van der Waals surface area contributed by atoms with Crippen LogP contribution in [0.5, 0.6) is 5.75 Å². The summed E-state index contributed by atoms with van der Waals surface area (Å²) >= 11 is 0. The molecular formula is C22H31NO2. The van der Waals surface area contributed by atoms with Crippen molar-refractivity contribution in [2.75, 3.05) is 31.2 Å². The summed E-state index contributed by atoms with van der Waals surface area (Å²) in [6.45, 7) is 11.8. The third-order valence-electron chi connectivity index (χ3n) is 4.81. The van der Waals surface area contributed by atoms with Crippen LogP contribution < -0.4 is 9.64 Å². The summed E-state index contributed by atoms with van der Waals surface area (Å²) in [5.41, 5.74) is 4.08. The first-order valence-corrected chi connectivity index (χ1v) is 9.36. The van der Waals surface area contributed by atoms with Crippen molar-refractivity contribution in [2.24, 2.45) is 0 Å². The highest BCUT2D eigenvalue weighted by molar-refractivity contribution is 5.55. The van der Waals surface area contributed by atoms with E-state index in [2.05, 4.69) is 62.0 Å². The van der Waals surface area contributed by atoms with Crippen molar-refractivity contribution >= 4 is 5.69 Å². The molecule has 1 heterocycles.